The van der Waals surface area contributed by atoms with Crippen LogP contribution in [0, 0.1) is 5.92 Å². The maximum Gasteiger partial charge on any atom is 0.155 e. The van der Waals surface area contributed by atoms with Gasteiger partial charge in [0, 0.05) is 6.42 Å². The molecule has 3 rings (SSSR count). The highest BCUT2D eigenvalue weighted by molar-refractivity contribution is 5.92. The zero-order valence-electron chi connectivity index (χ0n) is 8.97. The third-order valence-corrected chi connectivity index (χ3v) is 3.30. The lowest BCUT2D eigenvalue weighted by Gasteiger charge is -2.26. The number of hydrogen-bond acceptors (Lipinski definition) is 3. The number of nitrogens with zero attached hydrogens (tertiary/aromatic N) is 3. The molecule has 2 aliphatic rings. The number of hydrogen-bond donors (Lipinski definition) is 0. The molecular formula is C12H13N3O. The van der Waals surface area contributed by atoms with Crippen LogP contribution in [0.25, 0.3) is 5.70 Å². The lowest BCUT2D eigenvalue weighted by Crippen LogP contribution is -2.18. The van der Waals surface area contributed by atoms with Crippen molar-refractivity contribution in [1.82, 2.24) is 15.0 Å². The topological polar surface area (TPSA) is 47.8 Å². The second-order valence-corrected chi connectivity index (χ2v) is 4.34. The first-order valence-electron chi connectivity index (χ1n) is 5.64. The van der Waals surface area contributed by atoms with Crippen molar-refractivity contribution in [1.29, 1.82) is 0 Å². The molecule has 16 heavy (non-hydrogen) atoms. The van der Waals surface area contributed by atoms with Crippen LogP contribution in [0.15, 0.2) is 30.1 Å². The zero-order chi connectivity index (χ0) is 11.0. The van der Waals surface area contributed by atoms with Crippen LogP contribution in [0.5, 0.6) is 0 Å². The molecule has 0 bridgehead atoms. The van der Waals surface area contributed by atoms with Gasteiger partial charge in [-0.3, -0.25) is 4.79 Å². The molecule has 0 saturated carbocycles. The summed E-state index contributed by atoms with van der Waals surface area (Å²) in [4.78, 5) is 13.0. The molecule has 0 spiro atoms. The molecule has 0 aromatic carbocycles. The van der Waals surface area contributed by atoms with Crippen LogP contribution in [0.2, 0.25) is 0 Å². The third-order valence-electron chi connectivity index (χ3n) is 3.30. The van der Waals surface area contributed by atoms with E-state index in [0.29, 0.717) is 12.3 Å². The highest BCUT2D eigenvalue weighted by Gasteiger charge is 2.24. The number of rotatable bonds is 1. The van der Waals surface area contributed by atoms with Gasteiger partial charge in [0.05, 0.1) is 18.1 Å². The van der Waals surface area contributed by atoms with Crippen molar-refractivity contribution >= 4 is 11.5 Å². The molecule has 4 heteroatoms. The molecule has 1 atom stereocenters. The van der Waals surface area contributed by atoms with Crippen LogP contribution in [-0.2, 0) is 4.79 Å². The Morgan fingerprint density at radius 3 is 2.69 bits per heavy atom. The van der Waals surface area contributed by atoms with E-state index in [0.717, 1.165) is 30.5 Å². The van der Waals surface area contributed by atoms with Gasteiger partial charge in [0.2, 0.25) is 0 Å². The first-order chi connectivity index (χ1) is 7.83. The van der Waals surface area contributed by atoms with Crippen molar-refractivity contribution in [2.45, 2.75) is 25.7 Å². The summed E-state index contributed by atoms with van der Waals surface area (Å²) in [6.45, 7) is 0. The third kappa shape index (κ3) is 1.60. The number of aromatic nitrogens is 3. The summed E-state index contributed by atoms with van der Waals surface area (Å²) in [7, 11) is 0. The predicted octanol–water partition coefficient (Wildman–Crippen LogP) is 1.82. The van der Waals surface area contributed by atoms with E-state index in [1.165, 1.54) is 0 Å². The monoisotopic (exact) mass is 215 g/mol. The molecule has 1 unspecified atom stereocenters. The summed E-state index contributed by atoms with van der Waals surface area (Å²) < 4.78 is 0. The molecular weight excluding hydrogens is 202 g/mol. The van der Waals surface area contributed by atoms with E-state index in [1.807, 2.05) is 0 Å². The van der Waals surface area contributed by atoms with E-state index in [1.54, 1.807) is 23.3 Å². The minimum absolute atomic E-state index is 0.247. The molecule has 82 valence electrons. The van der Waals surface area contributed by atoms with Gasteiger partial charge in [0.15, 0.2) is 5.78 Å². The van der Waals surface area contributed by atoms with Gasteiger partial charge in [0.25, 0.3) is 0 Å². The fourth-order valence-electron chi connectivity index (χ4n) is 2.44. The van der Waals surface area contributed by atoms with Crippen LogP contribution in [0.3, 0.4) is 0 Å². The maximum absolute atomic E-state index is 11.4. The van der Waals surface area contributed by atoms with E-state index in [4.69, 9.17) is 0 Å². The Kier molecular flexibility index (Phi) is 2.20. The number of allylic oxidation sites excluding steroid dienone is 4. The van der Waals surface area contributed by atoms with Gasteiger partial charge < -0.3 is 0 Å². The van der Waals surface area contributed by atoms with E-state index >= 15 is 0 Å². The van der Waals surface area contributed by atoms with Crippen LogP contribution in [-0.4, -0.2) is 20.8 Å². The fourth-order valence-corrected chi connectivity index (χ4v) is 2.44. The van der Waals surface area contributed by atoms with Gasteiger partial charge in [-0.1, -0.05) is 0 Å². The summed E-state index contributed by atoms with van der Waals surface area (Å²) in [5.74, 6) is 0.814. The van der Waals surface area contributed by atoms with Crippen LogP contribution < -0.4 is 0 Å². The van der Waals surface area contributed by atoms with E-state index < -0.39 is 0 Å². The lowest BCUT2D eigenvalue weighted by molar-refractivity contribution is -0.115. The lowest BCUT2D eigenvalue weighted by atomic mass is 9.80. The van der Waals surface area contributed by atoms with Crippen LogP contribution in [0.1, 0.15) is 25.7 Å². The summed E-state index contributed by atoms with van der Waals surface area (Å²) in [6.07, 6.45) is 11.0. The number of ketones is 1. The average Bonchev–Trinajstić information content (AvgIpc) is 2.81. The highest BCUT2D eigenvalue weighted by atomic mass is 16.1. The Labute approximate surface area is 93.6 Å². The highest BCUT2D eigenvalue weighted by Crippen LogP contribution is 2.35. The molecule has 2 aliphatic carbocycles. The molecule has 0 fully saturated rings. The van der Waals surface area contributed by atoms with Gasteiger partial charge >= 0.3 is 0 Å². The predicted molar refractivity (Wildman–Crippen MR) is 59.3 cm³/mol. The van der Waals surface area contributed by atoms with Gasteiger partial charge in [-0.2, -0.15) is 15.0 Å². The fraction of sp³-hybridized carbons (Fsp3) is 0.417. The first kappa shape index (κ1) is 9.51. The number of fused-ring (bicyclic) bond motifs is 1. The molecule has 0 N–H and O–H groups in total. The van der Waals surface area contributed by atoms with Crippen molar-refractivity contribution in [3.8, 4) is 0 Å². The standard InChI is InChI=1S/C12H13N3O/c16-12-4-2-9-1-3-11(7-10(9)8-12)15-13-5-6-14-15/h5-9H,1-4H2. The summed E-state index contributed by atoms with van der Waals surface area (Å²) >= 11 is 0. The van der Waals surface area contributed by atoms with Crippen LogP contribution >= 0.6 is 0 Å². The molecule has 1 aromatic rings. The Bertz CT molecular complexity index is 470. The SMILES string of the molecule is O=C1C=C2C=C(n3nccn3)CCC2CC1. The molecule has 0 aliphatic heterocycles. The molecule has 4 nitrogen and oxygen atoms in total. The number of carbonyl (C=O) groups excluding carboxylic acids is 1. The van der Waals surface area contributed by atoms with Crippen molar-refractivity contribution in [2.75, 3.05) is 0 Å². The number of carbonyl (C=O) groups is 1. The van der Waals surface area contributed by atoms with Gasteiger partial charge in [-0.05, 0) is 42.9 Å². The maximum atomic E-state index is 11.4. The quantitative estimate of drug-likeness (QED) is 0.718. The Morgan fingerprint density at radius 1 is 1.12 bits per heavy atom. The van der Waals surface area contributed by atoms with Crippen molar-refractivity contribution in [3.05, 3.63) is 30.1 Å². The van der Waals surface area contributed by atoms with Gasteiger partial charge in [0.1, 0.15) is 0 Å². The first-order valence-corrected chi connectivity index (χ1v) is 5.64. The average molecular weight is 215 g/mol. The summed E-state index contributed by atoms with van der Waals surface area (Å²) in [5.41, 5.74) is 2.25. The molecule has 0 radical (unpaired) electrons. The Morgan fingerprint density at radius 2 is 1.88 bits per heavy atom. The van der Waals surface area contributed by atoms with Gasteiger partial charge in [-0.15, -0.1) is 0 Å². The van der Waals surface area contributed by atoms with Crippen LogP contribution in [0.4, 0.5) is 0 Å². The second-order valence-electron chi connectivity index (χ2n) is 4.34. The Hall–Kier alpha value is -1.71. The smallest absolute Gasteiger partial charge is 0.155 e. The summed E-state index contributed by atoms with van der Waals surface area (Å²) in [6, 6.07) is 0. The molecule has 0 amide bonds. The normalized spacial score (nSPS) is 24.8. The summed E-state index contributed by atoms with van der Waals surface area (Å²) in [5, 5.41) is 8.24. The van der Waals surface area contributed by atoms with Crippen molar-refractivity contribution in [3.63, 3.8) is 0 Å². The Balaban J connectivity index is 1.96. The van der Waals surface area contributed by atoms with E-state index in [-0.39, 0.29) is 5.78 Å². The second kappa shape index (κ2) is 3.70. The minimum atomic E-state index is 0.247. The molecule has 1 heterocycles. The van der Waals surface area contributed by atoms with Crippen molar-refractivity contribution < 1.29 is 4.79 Å². The van der Waals surface area contributed by atoms with Gasteiger partial charge in [-0.25, -0.2) is 0 Å². The molecule has 1 aromatic heterocycles. The minimum Gasteiger partial charge on any atom is -0.295 e. The van der Waals surface area contributed by atoms with E-state index in [9.17, 15) is 4.79 Å². The zero-order valence-corrected chi connectivity index (χ0v) is 8.97. The largest absolute Gasteiger partial charge is 0.295 e. The molecule has 0 saturated heterocycles. The van der Waals surface area contributed by atoms with Crippen molar-refractivity contribution in [2.24, 2.45) is 5.92 Å². The van der Waals surface area contributed by atoms with E-state index in [2.05, 4.69) is 16.3 Å².